The Morgan fingerprint density at radius 1 is 1.69 bits per heavy atom. The molecule has 4 nitrogen and oxygen atoms in total. The zero-order chi connectivity index (χ0) is 11.8. The van der Waals surface area contributed by atoms with Crippen LogP contribution in [0.4, 0.5) is 0 Å². The van der Waals surface area contributed by atoms with Crippen molar-refractivity contribution in [1.82, 2.24) is 0 Å². The highest BCUT2D eigenvalue weighted by Gasteiger charge is 2.13. The fourth-order valence-electron chi connectivity index (χ4n) is 1.14. The highest BCUT2D eigenvalue weighted by molar-refractivity contribution is 7.98. The molecule has 5 heteroatoms. The molecule has 0 aliphatic heterocycles. The minimum atomic E-state index is -0.503. The number of hydrogen-bond acceptors (Lipinski definition) is 5. The molecule has 1 atom stereocenters. The Labute approximate surface area is 99.5 Å². The zero-order valence-electron chi connectivity index (χ0n) is 9.35. The fraction of sp³-hybridized carbons (Fsp3) is 0.545. The molecule has 0 radical (unpaired) electrons. The van der Waals surface area contributed by atoms with Crippen LogP contribution in [0.2, 0.25) is 0 Å². The first-order chi connectivity index (χ1) is 7.74. The Balaban J connectivity index is 2.08. The van der Waals surface area contributed by atoms with Crippen molar-refractivity contribution in [3.05, 3.63) is 24.2 Å². The molecule has 0 saturated carbocycles. The van der Waals surface area contributed by atoms with E-state index in [2.05, 4.69) is 0 Å². The van der Waals surface area contributed by atoms with Gasteiger partial charge in [0.05, 0.1) is 19.1 Å². The van der Waals surface area contributed by atoms with Gasteiger partial charge >= 0.3 is 5.97 Å². The number of nitrogens with two attached hydrogens (primary N) is 1. The zero-order valence-corrected chi connectivity index (χ0v) is 10.2. The van der Waals surface area contributed by atoms with Crippen molar-refractivity contribution in [2.24, 2.45) is 5.73 Å². The van der Waals surface area contributed by atoms with Gasteiger partial charge in [-0.25, -0.2) is 0 Å². The highest BCUT2D eigenvalue weighted by Crippen LogP contribution is 2.13. The maximum atomic E-state index is 11.2. The number of furan rings is 1. The Morgan fingerprint density at radius 2 is 2.50 bits per heavy atom. The topological polar surface area (TPSA) is 65.5 Å². The molecule has 16 heavy (non-hydrogen) atoms. The van der Waals surface area contributed by atoms with Gasteiger partial charge < -0.3 is 14.9 Å². The van der Waals surface area contributed by atoms with Crippen molar-refractivity contribution in [3.8, 4) is 0 Å². The highest BCUT2D eigenvalue weighted by atomic mass is 32.2. The van der Waals surface area contributed by atoms with Crippen LogP contribution in [0.15, 0.2) is 23.0 Å². The summed E-state index contributed by atoms with van der Waals surface area (Å²) < 4.78 is 9.77. The molecule has 90 valence electrons. The summed E-state index contributed by atoms with van der Waals surface area (Å²) >= 11 is 1.73. The molecule has 1 unspecified atom stereocenters. The smallest absolute Gasteiger partial charge is 0.322 e. The van der Waals surface area contributed by atoms with Gasteiger partial charge in [0.1, 0.15) is 6.04 Å². The van der Waals surface area contributed by atoms with E-state index in [9.17, 15) is 4.79 Å². The molecular formula is C11H17NO3S. The van der Waals surface area contributed by atoms with Gasteiger partial charge in [-0.3, -0.25) is 4.79 Å². The summed E-state index contributed by atoms with van der Waals surface area (Å²) in [6.07, 6.45) is 4.01. The monoisotopic (exact) mass is 243 g/mol. The number of hydrogen-bond donors (Lipinski definition) is 1. The first-order valence-corrected chi connectivity index (χ1v) is 6.40. The molecule has 0 aromatic carbocycles. The predicted octanol–water partition coefficient (Wildman–Crippen LogP) is 1.79. The van der Waals surface area contributed by atoms with Crippen LogP contribution in [-0.2, 0) is 15.3 Å². The minimum Gasteiger partial charge on any atom is -0.472 e. The largest absolute Gasteiger partial charge is 0.472 e. The average molecular weight is 243 g/mol. The molecule has 0 amide bonds. The van der Waals surface area contributed by atoms with E-state index in [4.69, 9.17) is 14.9 Å². The van der Waals surface area contributed by atoms with Crippen LogP contribution in [0, 0.1) is 0 Å². The number of carbonyl (C=O) groups excluding carboxylic acids is 1. The molecule has 1 aromatic heterocycles. The molecule has 0 aliphatic rings. The molecule has 1 rings (SSSR count). The lowest BCUT2D eigenvalue weighted by Crippen LogP contribution is -2.32. The van der Waals surface area contributed by atoms with Crippen LogP contribution in [0.3, 0.4) is 0 Å². The molecule has 0 spiro atoms. The lowest BCUT2D eigenvalue weighted by atomic mass is 10.2. The van der Waals surface area contributed by atoms with Gasteiger partial charge in [0.2, 0.25) is 0 Å². The number of esters is 1. The van der Waals surface area contributed by atoms with Crippen LogP contribution in [0.25, 0.3) is 0 Å². The predicted molar refractivity (Wildman–Crippen MR) is 64.1 cm³/mol. The van der Waals surface area contributed by atoms with Crippen molar-refractivity contribution < 1.29 is 13.9 Å². The third kappa shape index (κ3) is 4.72. The van der Waals surface area contributed by atoms with Gasteiger partial charge in [-0.15, -0.1) is 0 Å². The molecule has 0 fully saturated rings. The summed E-state index contributed by atoms with van der Waals surface area (Å²) in [5.74, 6) is 1.41. The van der Waals surface area contributed by atoms with Crippen molar-refractivity contribution in [2.45, 2.75) is 25.1 Å². The molecule has 1 heterocycles. The number of carbonyl (C=O) groups is 1. The second-order valence-electron chi connectivity index (χ2n) is 3.33. The first-order valence-electron chi connectivity index (χ1n) is 5.25. The third-order valence-corrected chi connectivity index (χ3v) is 3.07. The van der Waals surface area contributed by atoms with Crippen LogP contribution in [0.5, 0.6) is 0 Å². The molecular weight excluding hydrogens is 226 g/mol. The molecule has 1 aromatic rings. The lowest BCUT2D eigenvalue weighted by Gasteiger charge is -2.09. The van der Waals surface area contributed by atoms with E-state index in [0.717, 1.165) is 17.1 Å². The average Bonchev–Trinajstić information content (AvgIpc) is 2.77. The molecule has 0 saturated heterocycles. The second kappa shape index (κ2) is 7.35. The first kappa shape index (κ1) is 13.1. The fourth-order valence-corrected chi connectivity index (χ4v) is 2.11. The Morgan fingerprint density at radius 3 is 3.12 bits per heavy atom. The van der Waals surface area contributed by atoms with Gasteiger partial charge in [0.25, 0.3) is 0 Å². The van der Waals surface area contributed by atoms with Crippen molar-refractivity contribution in [1.29, 1.82) is 0 Å². The van der Waals surface area contributed by atoms with Crippen molar-refractivity contribution >= 4 is 17.7 Å². The maximum Gasteiger partial charge on any atom is 0.322 e. The van der Waals surface area contributed by atoms with E-state index in [1.165, 1.54) is 0 Å². The standard InChI is InChI=1S/C11H17NO3S/c1-2-15-11(13)10(12)4-6-16-8-9-3-5-14-7-9/h3,5,7,10H,2,4,6,8,12H2,1H3. The number of ether oxygens (including phenoxy) is 1. The van der Waals surface area contributed by atoms with E-state index in [0.29, 0.717) is 13.0 Å². The summed E-state index contributed by atoms with van der Waals surface area (Å²) in [6.45, 7) is 2.16. The van der Waals surface area contributed by atoms with Crippen molar-refractivity contribution in [2.75, 3.05) is 12.4 Å². The van der Waals surface area contributed by atoms with Gasteiger partial charge in [0.15, 0.2) is 0 Å². The summed E-state index contributed by atoms with van der Waals surface area (Å²) in [5, 5.41) is 0. The minimum absolute atomic E-state index is 0.314. The number of rotatable bonds is 7. The summed E-state index contributed by atoms with van der Waals surface area (Å²) in [7, 11) is 0. The van der Waals surface area contributed by atoms with Crippen LogP contribution in [-0.4, -0.2) is 24.4 Å². The van der Waals surface area contributed by atoms with E-state index >= 15 is 0 Å². The number of thioether (sulfide) groups is 1. The second-order valence-corrected chi connectivity index (χ2v) is 4.44. The third-order valence-electron chi connectivity index (χ3n) is 2.01. The van der Waals surface area contributed by atoms with E-state index in [1.54, 1.807) is 31.2 Å². The SMILES string of the molecule is CCOC(=O)C(N)CCSCc1ccoc1. The molecule has 0 aliphatic carbocycles. The lowest BCUT2D eigenvalue weighted by molar-refractivity contribution is -0.144. The van der Waals surface area contributed by atoms with Crippen LogP contribution >= 0.6 is 11.8 Å². The van der Waals surface area contributed by atoms with E-state index in [-0.39, 0.29) is 5.97 Å². The van der Waals surface area contributed by atoms with E-state index in [1.807, 2.05) is 6.07 Å². The summed E-state index contributed by atoms with van der Waals surface area (Å²) in [5.41, 5.74) is 6.80. The Bertz CT molecular complexity index is 300. The maximum absolute atomic E-state index is 11.2. The normalized spacial score (nSPS) is 12.4. The van der Waals surface area contributed by atoms with Crippen LogP contribution in [0.1, 0.15) is 18.9 Å². The summed E-state index contributed by atoms with van der Waals surface area (Å²) in [6, 6.07) is 1.43. The van der Waals surface area contributed by atoms with Gasteiger partial charge in [0, 0.05) is 11.3 Å². The quantitative estimate of drug-likeness (QED) is 0.584. The van der Waals surface area contributed by atoms with Gasteiger partial charge in [-0.2, -0.15) is 11.8 Å². The Hall–Kier alpha value is -0.940. The van der Waals surface area contributed by atoms with Crippen molar-refractivity contribution in [3.63, 3.8) is 0 Å². The van der Waals surface area contributed by atoms with Crippen LogP contribution < -0.4 is 5.73 Å². The molecule has 2 N–H and O–H groups in total. The molecule has 0 bridgehead atoms. The Kier molecular flexibility index (Phi) is 6.03. The summed E-state index contributed by atoms with van der Waals surface area (Å²) in [4.78, 5) is 11.2. The van der Waals surface area contributed by atoms with Gasteiger partial charge in [-0.1, -0.05) is 0 Å². The van der Waals surface area contributed by atoms with E-state index < -0.39 is 6.04 Å². The van der Waals surface area contributed by atoms with Gasteiger partial charge in [-0.05, 0) is 25.2 Å².